The maximum atomic E-state index is 12.8. The molecule has 2 aliphatic rings. The number of piperidine rings is 1. The summed E-state index contributed by atoms with van der Waals surface area (Å²) in [6.45, 7) is 5.75. The first-order valence-corrected chi connectivity index (χ1v) is 9.91. The van der Waals surface area contributed by atoms with Crippen molar-refractivity contribution in [3.05, 3.63) is 29.8 Å². The van der Waals surface area contributed by atoms with Crippen molar-refractivity contribution in [2.45, 2.75) is 44.9 Å². The second-order valence-electron chi connectivity index (χ2n) is 7.20. The van der Waals surface area contributed by atoms with Crippen LogP contribution in [0.15, 0.2) is 24.3 Å². The fraction of sp³-hybridized carbons (Fsp3) is 0.667. The zero-order valence-electron chi connectivity index (χ0n) is 15.3. The summed E-state index contributed by atoms with van der Waals surface area (Å²) in [6, 6.07) is 7.71. The fourth-order valence-corrected chi connectivity index (χ4v) is 3.78. The van der Waals surface area contributed by atoms with Gasteiger partial charge in [0, 0.05) is 19.1 Å². The van der Waals surface area contributed by atoms with Crippen LogP contribution < -0.4 is 4.74 Å². The molecule has 2 fully saturated rings. The number of carbonyl (C=O) groups is 1. The Bertz CT molecular complexity index is 534. The number of Topliss-reactive ketones (excluding diaryl/α,β-unsaturated/α-hetero) is 1. The van der Waals surface area contributed by atoms with Gasteiger partial charge >= 0.3 is 0 Å². The van der Waals surface area contributed by atoms with Crippen molar-refractivity contribution in [1.29, 1.82) is 0 Å². The Balaban J connectivity index is 1.44. The highest BCUT2D eigenvalue weighted by molar-refractivity contribution is 6.00. The lowest BCUT2D eigenvalue weighted by Gasteiger charge is -2.26. The summed E-state index contributed by atoms with van der Waals surface area (Å²) in [6.07, 6.45) is 7.92. The maximum Gasteiger partial charge on any atom is 0.169 e. The van der Waals surface area contributed by atoms with Gasteiger partial charge in [0.1, 0.15) is 5.75 Å². The van der Waals surface area contributed by atoms with Crippen LogP contribution >= 0.6 is 0 Å². The number of para-hydroxylation sites is 1. The van der Waals surface area contributed by atoms with Crippen molar-refractivity contribution >= 4 is 5.78 Å². The molecule has 0 saturated carbocycles. The Hall–Kier alpha value is -1.39. The van der Waals surface area contributed by atoms with Crippen LogP contribution in [0.25, 0.3) is 0 Å². The molecule has 0 bridgehead atoms. The fourth-order valence-electron chi connectivity index (χ4n) is 3.78. The molecule has 4 heteroatoms. The van der Waals surface area contributed by atoms with Gasteiger partial charge in [-0.3, -0.25) is 4.79 Å². The molecule has 0 unspecified atom stereocenters. The average molecular weight is 345 g/mol. The van der Waals surface area contributed by atoms with Gasteiger partial charge in [0.25, 0.3) is 0 Å². The van der Waals surface area contributed by atoms with E-state index in [1.807, 2.05) is 24.3 Å². The molecule has 25 heavy (non-hydrogen) atoms. The number of ether oxygens (including phenoxy) is 2. The van der Waals surface area contributed by atoms with E-state index in [1.54, 1.807) is 0 Å². The van der Waals surface area contributed by atoms with Gasteiger partial charge in [-0.1, -0.05) is 18.6 Å². The Morgan fingerprint density at radius 1 is 1.08 bits per heavy atom. The van der Waals surface area contributed by atoms with E-state index in [0.29, 0.717) is 19.8 Å². The number of unbranched alkanes of at least 4 members (excludes halogenated alkanes) is 1. The molecule has 2 aliphatic heterocycles. The third kappa shape index (κ3) is 5.55. The standard InChI is InChI=1S/C21H31NO3/c23-21(18-10-16-24-17-11-18)19-8-2-3-9-20(19)25-15-7-6-14-22-12-4-1-5-13-22/h2-3,8-9,18H,1,4-7,10-17H2. The molecule has 0 aliphatic carbocycles. The Morgan fingerprint density at radius 3 is 2.64 bits per heavy atom. The molecule has 0 N–H and O–H groups in total. The number of benzene rings is 1. The third-order valence-corrected chi connectivity index (χ3v) is 5.32. The van der Waals surface area contributed by atoms with Gasteiger partial charge in [0.15, 0.2) is 5.78 Å². The highest BCUT2D eigenvalue weighted by atomic mass is 16.5. The van der Waals surface area contributed by atoms with Crippen LogP contribution in [0.3, 0.4) is 0 Å². The van der Waals surface area contributed by atoms with Gasteiger partial charge in [0.05, 0.1) is 12.2 Å². The molecular formula is C21H31NO3. The van der Waals surface area contributed by atoms with Gasteiger partial charge in [-0.2, -0.15) is 0 Å². The molecule has 0 amide bonds. The molecule has 0 radical (unpaired) electrons. The van der Waals surface area contributed by atoms with E-state index in [0.717, 1.165) is 37.0 Å². The number of carbonyl (C=O) groups excluding carboxylic acids is 1. The summed E-state index contributed by atoms with van der Waals surface area (Å²) < 4.78 is 11.3. The van der Waals surface area contributed by atoms with E-state index in [1.165, 1.54) is 38.9 Å². The molecule has 2 saturated heterocycles. The lowest BCUT2D eigenvalue weighted by molar-refractivity contribution is 0.0542. The predicted octanol–water partition coefficient (Wildman–Crippen LogP) is 3.94. The second kappa shape index (κ2) is 9.93. The van der Waals surface area contributed by atoms with Crippen LogP contribution in [0.2, 0.25) is 0 Å². The van der Waals surface area contributed by atoms with Crippen molar-refractivity contribution in [3.8, 4) is 5.75 Å². The minimum absolute atomic E-state index is 0.0811. The monoisotopic (exact) mass is 345 g/mol. The van der Waals surface area contributed by atoms with E-state index in [-0.39, 0.29) is 11.7 Å². The molecule has 0 atom stereocenters. The summed E-state index contributed by atoms with van der Waals surface area (Å²) in [5, 5.41) is 0. The number of hydrogen-bond donors (Lipinski definition) is 0. The first-order chi connectivity index (χ1) is 12.3. The van der Waals surface area contributed by atoms with Gasteiger partial charge in [0.2, 0.25) is 0 Å². The van der Waals surface area contributed by atoms with Gasteiger partial charge in [-0.15, -0.1) is 0 Å². The van der Waals surface area contributed by atoms with Crippen LogP contribution in [0, 0.1) is 5.92 Å². The normalized spacial score (nSPS) is 19.7. The average Bonchev–Trinajstić information content (AvgIpc) is 2.69. The third-order valence-electron chi connectivity index (χ3n) is 5.32. The van der Waals surface area contributed by atoms with Crippen molar-refractivity contribution in [3.63, 3.8) is 0 Å². The van der Waals surface area contributed by atoms with Crippen LogP contribution in [0.4, 0.5) is 0 Å². The molecule has 4 nitrogen and oxygen atoms in total. The molecule has 0 spiro atoms. The van der Waals surface area contributed by atoms with E-state index in [4.69, 9.17) is 9.47 Å². The number of rotatable bonds is 8. The van der Waals surface area contributed by atoms with Crippen LogP contribution in [0.5, 0.6) is 5.75 Å². The minimum Gasteiger partial charge on any atom is -0.493 e. The highest BCUT2D eigenvalue weighted by Gasteiger charge is 2.25. The van der Waals surface area contributed by atoms with Crippen molar-refractivity contribution in [1.82, 2.24) is 4.90 Å². The molecular weight excluding hydrogens is 314 g/mol. The Kier molecular flexibility index (Phi) is 7.31. The predicted molar refractivity (Wildman–Crippen MR) is 99.3 cm³/mol. The van der Waals surface area contributed by atoms with Crippen LogP contribution in [0.1, 0.15) is 55.3 Å². The highest BCUT2D eigenvalue weighted by Crippen LogP contribution is 2.26. The summed E-state index contributed by atoms with van der Waals surface area (Å²) in [4.78, 5) is 15.3. The van der Waals surface area contributed by atoms with Gasteiger partial charge < -0.3 is 14.4 Å². The lowest BCUT2D eigenvalue weighted by Crippen LogP contribution is -2.30. The zero-order chi connectivity index (χ0) is 17.3. The molecule has 138 valence electrons. The van der Waals surface area contributed by atoms with Crippen LogP contribution in [-0.2, 0) is 4.74 Å². The largest absolute Gasteiger partial charge is 0.493 e. The second-order valence-corrected chi connectivity index (χ2v) is 7.20. The topological polar surface area (TPSA) is 38.8 Å². The molecule has 3 rings (SSSR count). The molecule has 1 aromatic carbocycles. The molecule has 2 heterocycles. The van der Waals surface area contributed by atoms with E-state index in [2.05, 4.69) is 4.90 Å². The van der Waals surface area contributed by atoms with E-state index >= 15 is 0 Å². The summed E-state index contributed by atoms with van der Waals surface area (Å²) in [5.74, 6) is 1.04. The van der Waals surface area contributed by atoms with E-state index < -0.39 is 0 Å². The molecule has 0 aromatic heterocycles. The lowest BCUT2D eigenvalue weighted by atomic mass is 9.90. The number of hydrogen-bond acceptors (Lipinski definition) is 4. The van der Waals surface area contributed by atoms with Crippen molar-refractivity contribution in [2.24, 2.45) is 5.92 Å². The smallest absolute Gasteiger partial charge is 0.169 e. The first kappa shape index (κ1) is 18.4. The number of likely N-dealkylation sites (tertiary alicyclic amines) is 1. The van der Waals surface area contributed by atoms with Gasteiger partial charge in [-0.05, 0) is 70.3 Å². The van der Waals surface area contributed by atoms with Crippen molar-refractivity contribution in [2.75, 3.05) is 39.5 Å². The van der Waals surface area contributed by atoms with Gasteiger partial charge in [-0.25, -0.2) is 0 Å². The summed E-state index contributed by atoms with van der Waals surface area (Å²) >= 11 is 0. The Labute approximate surface area is 151 Å². The summed E-state index contributed by atoms with van der Waals surface area (Å²) in [5.41, 5.74) is 0.741. The number of ketones is 1. The molecule has 1 aromatic rings. The summed E-state index contributed by atoms with van der Waals surface area (Å²) in [7, 11) is 0. The maximum absolute atomic E-state index is 12.8. The SMILES string of the molecule is O=C(c1ccccc1OCCCCN1CCCCC1)C1CCOCC1. The zero-order valence-corrected chi connectivity index (χ0v) is 15.3. The first-order valence-electron chi connectivity index (χ1n) is 9.91. The van der Waals surface area contributed by atoms with Crippen molar-refractivity contribution < 1.29 is 14.3 Å². The quantitative estimate of drug-likeness (QED) is 0.528. The minimum atomic E-state index is 0.0811. The Morgan fingerprint density at radius 2 is 1.84 bits per heavy atom. The number of nitrogens with zero attached hydrogens (tertiary/aromatic N) is 1. The van der Waals surface area contributed by atoms with E-state index in [9.17, 15) is 4.79 Å². The van der Waals surface area contributed by atoms with Crippen LogP contribution in [-0.4, -0.2) is 50.1 Å².